The second-order valence-corrected chi connectivity index (χ2v) is 4.96. The highest BCUT2D eigenvalue weighted by Gasteiger charge is 2.14. The molecular formula is C12H13FN2S. The molecule has 2 aromatic rings. The molecule has 0 spiro atoms. The maximum atomic E-state index is 13.6. The van der Waals surface area contributed by atoms with Crippen LogP contribution in [0, 0.1) is 12.7 Å². The van der Waals surface area contributed by atoms with Crippen LogP contribution in [0.2, 0.25) is 0 Å². The summed E-state index contributed by atoms with van der Waals surface area (Å²) < 4.78 is 13.6. The Morgan fingerprint density at radius 1 is 1.38 bits per heavy atom. The summed E-state index contributed by atoms with van der Waals surface area (Å²) in [7, 11) is 0. The molecule has 4 heteroatoms. The highest BCUT2D eigenvalue weighted by Crippen LogP contribution is 2.31. The minimum Gasteiger partial charge on any atom is -0.322 e. The van der Waals surface area contributed by atoms with Gasteiger partial charge in [-0.05, 0) is 26.0 Å². The summed E-state index contributed by atoms with van der Waals surface area (Å²) in [6.45, 7) is 3.81. The van der Waals surface area contributed by atoms with E-state index in [9.17, 15) is 4.39 Å². The van der Waals surface area contributed by atoms with E-state index < -0.39 is 0 Å². The van der Waals surface area contributed by atoms with Crippen LogP contribution >= 0.6 is 11.3 Å². The molecule has 1 atom stereocenters. The lowest BCUT2D eigenvalue weighted by atomic mass is 10.1. The topological polar surface area (TPSA) is 38.9 Å². The third kappa shape index (κ3) is 1.99. The predicted molar refractivity (Wildman–Crippen MR) is 64.8 cm³/mol. The Morgan fingerprint density at radius 2 is 2.06 bits per heavy atom. The molecule has 0 fully saturated rings. The molecule has 2 rings (SSSR count). The summed E-state index contributed by atoms with van der Waals surface area (Å²) >= 11 is 1.52. The van der Waals surface area contributed by atoms with Crippen molar-refractivity contribution in [3.63, 3.8) is 0 Å². The lowest BCUT2D eigenvalue weighted by molar-refractivity contribution is 0.630. The fraction of sp³-hybridized carbons (Fsp3) is 0.250. The van der Waals surface area contributed by atoms with Gasteiger partial charge in [-0.1, -0.05) is 12.1 Å². The van der Waals surface area contributed by atoms with Crippen molar-refractivity contribution in [1.29, 1.82) is 0 Å². The van der Waals surface area contributed by atoms with Crippen LogP contribution < -0.4 is 5.73 Å². The molecule has 1 aromatic heterocycles. The number of rotatable bonds is 2. The second-order valence-electron chi connectivity index (χ2n) is 3.73. The Hall–Kier alpha value is -1.26. The van der Waals surface area contributed by atoms with Crippen molar-refractivity contribution in [3.05, 3.63) is 40.0 Å². The van der Waals surface area contributed by atoms with Gasteiger partial charge in [-0.2, -0.15) is 0 Å². The molecule has 0 aliphatic heterocycles. The van der Waals surface area contributed by atoms with Gasteiger partial charge in [0, 0.05) is 10.4 Å². The number of hydrogen-bond acceptors (Lipinski definition) is 3. The first-order valence-corrected chi connectivity index (χ1v) is 5.89. The fourth-order valence-corrected chi connectivity index (χ4v) is 2.40. The monoisotopic (exact) mass is 236 g/mol. The van der Waals surface area contributed by atoms with Gasteiger partial charge in [0.05, 0.1) is 11.7 Å². The van der Waals surface area contributed by atoms with Gasteiger partial charge in [-0.25, -0.2) is 9.37 Å². The van der Waals surface area contributed by atoms with E-state index in [4.69, 9.17) is 5.73 Å². The first-order chi connectivity index (χ1) is 7.59. The van der Waals surface area contributed by atoms with Crippen LogP contribution in [-0.4, -0.2) is 4.98 Å². The number of benzene rings is 1. The summed E-state index contributed by atoms with van der Waals surface area (Å²) in [6, 6.07) is 6.56. The van der Waals surface area contributed by atoms with Crippen LogP contribution in [0.5, 0.6) is 0 Å². The lowest BCUT2D eigenvalue weighted by Gasteiger charge is -2.00. The van der Waals surface area contributed by atoms with Crippen molar-refractivity contribution in [2.45, 2.75) is 19.9 Å². The number of thiazole rings is 1. The number of hydrogen-bond donors (Lipinski definition) is 1. The average Bonchev–Trinajstić information content (AvgIpc) is 2.61. The predicted octanol–water partition coefficient (Wildman–Crippen LogP) is 3.28. The molecule has 1 aromatic carbocycles. The molecule has 84 valence electrons. The number of halogens is 1. The van der Waals surface area contributed by atoms with Crippen molar-refractivity contribution in [1.82, 2.24) is 4.98 Å². The Labute approximate surface area is 97.9 Å². The zero-order valence-electron chi connectivity index (χ0n) is 9.20. The van der Waals surface area contributed by atoms with Crippen molar-refractivity contribution in [2.24, 2.45) is 5.73 Å². The summed E-state index contributed by atoms with van der Waals surface area (Å²) in [5.41, 5.74) is 7.01. The fourth-order valence-electron chi connectivity index (χ4n) is 1.51. The number of aromatic nitrogens is 1. The van der Waals surface area contributed by atoms with E-state index >= 15 is 0 Å². The molecule has 0 saturated heterocycles. The molecule has 1 heterocycles. The van der Waals surface area contributed by atoms with Gasteiger partial charge in [0.2, 0.25) is 0 Å². The first-order valence-electron chi connectivity index (χ1n) is 5.07. The standard InChI is InChI=1S/C12H13FN2S/c1-7(14)12-15-11(8(2)16-12)9-5-3-4-6-10(9)13/h3-7H,14H2,1-2H3. The average molecular weight is 236 g/mol. The van der Waals surface area contributed by atoms with Crippen molar-refractivity contribution in [2.75, 3.05) is 0 Å². The summed E-state index contributed by atoms with van der Waals surface area (Å²) in [5, 5.41) is 0.843. The number of aryl methyl sites for hydroxylation is 1. The maximum absolute atomic E-state index is 13.6. The Balaban J connectivity index is 2.52. The summed E-state index contributed by atoms with van der Waals surface area (Å²) in [6.07, 6.45) is 0. The minimum absolute atomic E-state index is 0.107. The second kappa shape index (κ2) is 4.31. The largest absolute Gasteiger partial charge is 0.322 e. The van der Waals surface area contributed by atoms with E-state index in [-0.39, 0.29) is 11.9 Å². The van der Waals surface area contributed by atoms with Gasteiger partial charge in [0.1, 0.15) is 10.8 Å². The molecule has 16 heavy (non-hydrogen) atoms. The van der Waals surface area contributed by atoms with E-state index in [1.807, 2.05) is 19.9 Å². The Kier molecular flexibility index (Phi) is 3.03. The van der Waals surface area contributed by atoms with E-state index in [1.54, 1.807) is 12.1 Å². The van der Waals surface area contributed by atoms with Crippen LogP contribution in [0.25, 0.3) is 11.3 Å². The van der Waals surface area contributed by atoms with Gasteiger partial charge in [0.15, 0.2) is 0 Å². The molecule has 2 nitrogen and oxygen atoms in total. The third-order valence-corrected chi connectivity index (χ3v) is 3.50. The zero-order chi connectivity index (χ0) is 11.7. The van der Waals surface area contributed by atoms with Gasteiger partial charge >= 0.3 is 0 Å². The molecule has 2 N–H and O–H groups in total. The number of nitrogens with zero attached hydrogens (tertiary/aromatic N) is 1. The molecule has 0 bridgehead atoms. The van der Waals surface area contributed by atoms with Gasteiger partial charge in [-0.3, -0.25) is 0 Å². The SMILES string of the molecule is Cc1sc(C(C)N)nc1-c1ccccc1F. The Bertz CT molecular complexity index is 505. The van der Waals surface area contributed by atoms with Crippen LogP contribution in [0.1, 0.15) is 22.9 Å². The van der Waals surface area contributed by atoms with Crippen LogP contribution in [0.15, 0.2) is 24.3 Å². The molecule has 0 aliphatic carbocycles. The smallest absolute Gasteiger partial charge is 0.132 e. The van der Waals surface area contributed by atoms with Gasteiger partial charge in [0.25, 0.3) is 0 Å². The van der Waals surface area contributed by atoms with Gasteiger partial charge < -0.3 is 5.73 Å². The molecular weight excluding hydrogens is 223 g/mol. The highest BCUT2D eigenvalue weighted by atomic mass is 32.1. The number of nitrogens with two attached hydrogens (primary N) is 1. The molecule has 1 unspecified atom stereocenters. The lowest BCUT2D eigenvalue weighted by Crippen LogP contribution is -2.03. The van der Waals surface area contributed by atoms with Crippen LogP contribution in [0.3, 0.4) is 0 Å². The third-order valence-electron chi connectivity index (χ3n) is 2.33. The summed E-state index contributed by atoms with van der Waals surface area (Å²) in [4.78, 5) is 5.39. The van der Waals surface area contributed by atoms with Crippen LogP contribution in [0.4, 0.5) is 4.39 Å². The van der Waals surface area contributed by atoms with Crippen molar-refractivity contribution >= 4 is 11.3 Å². The zero-order valence-corrected chi connectivity index (χ0v) is 10.0. The Morgan fingerprint density at radius 3 is 2.62 bits per heavy atom. The quantitative estimate of drug-likeness (QED) is 0.869. The van der Waals surface area contributed by atoms with Crippen LogP contribution in [-0.2, 0) is 0 Å². The molecule has 0 aliphatic rings. The molecule has 0 saturated carbocycles. The first kappa shape index (κ1) is 11.2. The molecule has 0 amide bonds. The van der Waals surface area contributed by atoms with Crippen molar-refractivity contribution in [3.8, 4) is 11.3 Å². The maximum Gasteiger partial charge on any atom is 0.132 e. The van der Waals surface area contributed by atoms with E-state index in [0.29, 0.717) is 11.3 Å². The van der Waals surface area contributed by atoms with E-state index in [2.05, 4.69) is 4.98 Å². The molecule has 0 radical (unpaired) electrons. The highest BCUT2D eigenvalue weighted by molar-refractivity contribution is 7.12. The summed E-state index contributed by atoms with van der Waals surface area (Å²) in [5.74, 6) is -0.243. The van der Waals surface area contributed by atoms with Gasteiger partial charge in [-0.15, -0.1) is 11.3 Å². The van der Waals surface area contributed by atoms with Crippen molar-refractivity contribution < 1.29 is 4.39 Å². The van der Waals surface area contributed by atoms with E-state index in [1.165, 1.54) is 17.4 Å². The minimum atomic E-state index is -0.243. The normalized spacial score (nSPS) is 12.8. The van der Waals surface area contributed by atoms with E-state index in [0.717, 1.165) is 9.88 Å².